The predicted molar refractivity (Wildman–Crippen MR) is 61.7 cm³/mol. The normalized spacial score (nSPS) is 11.6. The van der Waals surface area contributed by atoms with Crippen molar-refractivity contribution in [1.29, 1.82) is 0 Å². The van der Waals surface area contributed by atoms with Crippen molar-refractivity contribution >= 4 is 5.97 Å². The Hall–Kier alpha value is -1.52. The molecule has 2 nitrogen and oxygen atoms in total. The molecule has 18 heavy (non-hydrogen) atoms. The lowest BCUT2D eigenvalue weighted by Crippen LogP contribution is -2.06. The molecule has 1 rings (SSSR count). The number of hydrogen-bond donors (Lipinski definition) is 1. The highest BCUT2D eigenvalue weighted by Gasteiger charge is 2.25. The molecule has 0 fully saturated rings. The fourth-order valence-electron chi connectivity index (χ4n) is 1.71. The Morgan fingerprint density at radius 3 is 2.50 bits per heavy atom. The lowest BCUT2D eigenvalue weighted by molar-refractivity contribution is -0.135. The number of benzene rings is 1. The summed E-state index contributed by atoms with van der Waals surface area (Å²) in [6.07, 6.45) is -3.96. The predicted octanol–water partition coefficient (Wildman–Crippen LogP) is 3.97. The summed E-state index contributed by atoms with van der Waals surface area (Å²) < 4.78 is 35.8. The van der Waals surface area contributed by atoms with Crippen molar-refractivity contribution in [2.45, 2.75) is 38.8 Å². The maximum Gasteiger partial charge on any atom is 0.389 e. The summed E-state index contributed by atoms with van der Waals surface area (Å²) in [5, 5.41) is 8.92. The Labute approximate surface area is 103 Å². The van der Waals surface area contributed by atoms with Gasteiger partial charge in [-0.15, -0.1) is 0 Å². The monoisotopic (exact) mass is 260 g/mol. The number of alkyl halides is 3. The first-order chi connectivity index (χ1) is 8.29. The summed E-state index contributed by atoms with van der Waals surface area (Å²) >= 11 is 0. The van der Waals surface area contributed by atoms with Crippen LogP contribution in [0.15, 0.2) is 18.2 Å². The second kappa shape index (κ2) is 5.89. The van der Waals surface area contributed by atoms with Crippen molar-refractivity contribution in [1.82, 2.24) is 0 Å². The van der Waals surface area contributed by atoms with Gasteiger partial charge in [0.25, 0.3) is 0 Å². The Balaban J connectivity index is 2.53. The number of hydrogen-bond acceptors (Lipinski definition) is 1. The van der Waals surface area contributed by atoms with Gasteiger partial charge < -0.3 is 5.11 Å². The second-order valence-electron chi connectivity index (χ2n) is 4.28. The van der Waals surface area contributed by atoms with Crippen LogP contribution in [0.3, 0.4) is 0 Å². The summed E-state index contributed by atoms with van der Waals surface area (Å²) in [6.45, 7) is 1.69. The average molecular weight is 260 g/mol. The maximum absolute atomic E-state index is 11.9. The molecule has 0 aromatic heterocycles. The van der Waals surface area contributed by atoms with Crippen LogP contribution in [0.1, 0.15) is 40.7 Å². The molecule has 0 aliphatic heterocycles. The molecule has 0 spiro atoms. The number of halogens is 3. The Bertz CT molecular complexity index is 425. The molecule has 0 bridgehead atoms. The van der Waals surface area contributed by atoms with Crippen LogP contribution >= 0.6 is 0 Å². The van der Waals surface area contributed by atoms with Crippen LogP contribution in [0.4, 0.5) is 13.2 Å². The SMILES string of the molecule is Cc1ccc(CCCCC(F)(F)F)cc1C(=O)O. The number of rotatable bonds is 5. The van der Waals surface area contributed by atoms with Crippen molar-refractivity contribution in [3.05, 3.63) is 34.9 Å². The van der Waals surface area contributed by atoms with Gasteiger partial charge in [-0.1, -0.05) is 12.1 Å². The van der Waals surface area contributed by atoms with Gasteiger partial charge in [0.1, 0.15) is 0 Å². The fourth-order valence-corrected chi connectivity index (χ4v) is 1.71. The molecule has 100 valence electrons. The van der Waals surface area contributed by atoms with Gasteiger partial charge in [0.05, 0.1) is 5.56 Å². The van der Waals surface area contributed by atoms with Crippen LogP contribution in [-0.4, -0.2) is 17.3 Å². The van der Waals surface area contributed by atoms with Crippen molar-refractivity contribution in [3.63, 3.8) is 0 Å². The fraction of sp³-hybridized carbons (Fsp3) is 0.462. The van der Waals surface area contributed by atoms with E-state index in [2.05, 4.69) is 0 Å². The van der Waals surface area contributed by atoms with Gasteiger partial charge in [0, 0.05) is 6.42 Å². The van der Waals surface area contributed by atoms with Gasteiger partial charge in [-0.05, 0) is 43.4 Å². The maximum atomic E-state index is 11.9. The van der Waals surface area contributed by atoms with E-state index in [4.69, 9.17) is 5.11 Å². The zero-order chi connectivity index (χ0) is 13.8. The van der Waals surface area contributed by atoms with E-state index in [1.54, 1.807) is 19.1 Å². The summed E-state index contributed by atoms with van der Waals surface area (Å²) in [5.74, 6) is -1.01. The number of aryl methyl sites for hydroxylation is 2. The van der Waals surface area contributed by atoms with Crippen LogP contribution in [0.25, 0.3) is 0 Å². The molecule has 0 radical (unpaired) electrons. The van der Waals surface area contributed by atoms with Crippen LogP contribution in [0.2, 0.25) is 0 Å². The number of aromatic carboxylic acids is 1. The molecular formula is C13H15F3O2. The van der Waals surface area contributed by atoms with E-state index in [-0.39, 0.29) is 12.0 Å². The van der Waals surface area contributed by atoms with Crippen LogP contribution in [-0.2, 0) is 6.42 Å². The molecule has 5 heteroatoms. The van der Waals surface area contributed by atoms with Gasteiger partial charge >= 0.3 is 12.1 Å². The molecule has 0 aliphatic rings. The molecule has 1 aromatic carbocycles. The largest absolute Gasteiger partial charge is 0.478 e. The van der Waals surface area contributed by atoms with Crippen molar-refractivity contribution < 1.29 is 23.1 Å². The first-order valence-electron chi connectivity index (χ1n) is 5.69. The summed E-state index contributed by atoms with van der Waals surface area (Å²) in [7, 11) is 0. The van der Waals surface area contributed by atoms with Crippen LogP contribution in [0, 0.1) is 6.92 Å². The number of carboxylic acids is 1. The van der Waals surface area contributed by atoms with E-state index in [0.717, 1.165) is 5.56 Å². The van der Waals surface area contributed by atoms with Crippen molar-refractivity contribution in [2.75, 3.05) is 0 Å². The van der Waals surface area contributed by atoms with E-state index in [9.17, 15) is 18.0 Å². The first kappa shape index (κ1) is 14.5. The smallest absolute Gasteiger partial charge is 0.389 e. The number of carboxylic acid groups (broad SMARTS) is 1. The molecule has 1 aromatic rings. The Morgan fingerprint density at radius 1 is 1.28 bits per heavy atom. The van der Waals surface area contributed by atoms with Gasteiger partial charge in [-0.2, -0.15) is 13.2 Å². The molecule has 0 heterocycles. The highest BCUT2D eigenvalue weighted by Crippen LogP contribution is 2.23. The van der Waals surface area contributed by atoms with E-state index in [0.29, 0.717) is 18.4 Å². The van der Waals surface area contributed by atoms with E-state index in [1.165, 1.54) is 6.07 Å². The summed E-state index contributed by atoms with van der Waals surface area (Å²) in [6, 6.07) is 4.98. The zero-order valence-corrected chi connectivity index (χ0v) is 10.0. The summed E-state index contributed by atoms with van der Waals surface area (Å²) in [4.78, 5) is 10.9. The topological polar surface area (TPSA) is 37.3 Å². The molecule has 0 aliphatic carbocycles. The van der Waals surface area contributed by atoms with Crippen LogP contribution < -0.4 is 0 Å². The molecular weight excluding hydrogens is 245 g/mol. The first-order valence-corrected chi connectivity index (χ1v) is 5.69. The molecule has 0 saturated heterocycles. The zero-order valence-electron chi connectivity index (χ0n) is 10.0. The molecule has 0 saturated carbocycles. The Morgan fingerprint density at radius 2 is 1.94 bits per heavy atom. The van der Waals surface area contributed by atoms with E-state index in [1.807, 2.05) is 0 Å². The molecule has 0 unspecified atom stereocenters. The van der Waals surface area contributed by atoms with Crippen molar-refractivity contribution in [2.24, 2.45) is 0 Å². The minimum Gasteiger partial charge on any atom is -0.478 e. The highest BCUT2D eigenvalue weighted by atomic mass is 19.4. The lowest BCUT2D eigenvalue weighted by Gasteiger charge is -2.07. The third-order valence-corrected chi connectivity index (χ3v) is 2.71. The van der Waals surface area contributed by atoms with E-state index < -0.39 is 18.6 Å². The molecule has 1 N–H and O–H groups in total. The quantitative estimate of drug-likeness (QED) is 0.813. The number of unbranched alkanes of at least 4 members (excludes halogenated alkanes) is 1. The standard InChI is InChI=1S/C13H15F3O2/c1-9-5-6-10(8-11(9)12(17)18)4-2-3-7-13(14,15)16/h5-6,8H,2-4,7H2,1H3,(H,17,18). The van der Waals surface area contributed by atoms with Gasteiger partial charge in [-0.25, -0.2) is 4.79 Å². The average Bonchev–Trinajstić information content (AvgIpc) is 2.24. The third-order valence-electron chi connectivity index (χ3n) is 2.71. The van der Waals surface area contributed by atoms with E-state index >= 15 is 0 Å². The van der Waals surface area contributed by atoms with Gasteiger partial charge in [0.15, 0.2) is 0 Å². The van der Waals surface area contributed by atoms with Gasteiger partial charge in [0.2, 0.25) is 0 Å². The van der Waals surface area contributed by atoms with Crippen molar-refractivity contribution in [3.8, 4) is 0 Å². The molecule has 0 atom stereocenters. The lowest BCUT2D eigenvalue weighted by atomic mass is 10.0. The number of carbonyl (C=O) groups is 1. The van der Waals surface area contributed by atoms with Crippen LogP contribution in [0.5, 0.6) is 0 Å². The van der Waals surface area contributed by atoms with Gasteiger partial charge in [-0.3, -0.25) is 0 Å². The summed E-state index contributed by atoms with van der Waals surface area (Å²) in [5.41, 5.74) is 1.63. The highest BCUT2D eigenvalue weighted by molar-refractivity contribution is 5.89. The second-order valence-corrected chi connectivity index (χ2v) is 4.28. The minimum atomic E-state index is -4.11. The Kier molecular flexibility index (Phi) is 4.76. The minimum absolute atomic E-state index is 0.0692. The third kappa shape index (κ3) is 4.77. The molecule has 0 amide bonds.